The Morgan fingerprint density at radius 3 is 2.68 bits per heavy atom. The fourth-order valence-corrected chi connectivity index (χ4v) is 3.28. The van der Waals surface area contributed by atoms with Crippen molar-refractivity contribution in [1.29, 1.82) is 0 Å². The summed E-state index contributed by atoms with van der Waals surface area (Å²) in [6.45, 7) is 7.97. The topological polar surface area (TPSA) is 57.6 Å². The van der Waals surface area contributed by atoms with Crippen LogP contribution in [0.4, 0.5) is 5.69 Å². The first-order valence-corrected chi connectivity index (χ1v) is 8.23. The van der Waals surface area contributed by atoms with Gasteiger partial charge in [0, 0.05) is 17.9 Å². The molecule has 1 aromatic rings. The molecule has 22 heavy (non-hydrogen) atoms. The number of aromatic carboxylic acids is 1. The van der Waals surface area contributed by atoms with Crippen molar-refractivity contribution >= 4 is 28.9 Å². The standard InChI is InChI=1S/C17H21NO3S/c1-11-6-5-7-14(19)18(11)13-10-12(8-9-17(2,3)4)22-15(13)16(20)21/h10-11H,5-7H2,1-4H3,(H,20,21). The molecule has 0 saturated carbocycles. The Hall–Kier alpha value is -1.80. The quantitative estimate of drug-likeness (QED) is 0.845. The van der Waals surface area contributed by atoms with Crippen LogP contribution in [0, 0.1) is 17.3 Å². The third-order valence-electron chi connectivity index (χ3n) is 3.45. The maximum absolute atomic E-state index is 12.2. The Balaban J connectivity index is 2.45. The number of rotatable bonds is 2. The average molecular weight is 319 g/mol. The zero-order valence-electron chi connectivity index (χ0n) is 13.4. The van der Waals surface area contributed by atoms with Crippen LogP contribution >= 0.6 is 11.3 Å². The van der Waals surface area contributed by atoms with Crippen molar-refractivity contribution in [1.82, 2.24) is 0 Å². The van der Waals surface area contributed by atoms with Gasteiger partial charge in [-0.15, -0.1) is 11.3 Å². The summed E-state index contributed by atoms with van der Waals surface area (Å²) in [6.07, 6.45) is 2.23. The molecule has 118 valence electrons. The fraction of sp³-hybridized carbons (Fsp3) is 0.529. The lowest BCUT2D eigenvalue weighted by Crippen LogP contribution is -2.42. The number of amides is 1. The molecule has 1 atom stereocenters. The van der Waals surface area contributed by atoms with Gasteiger partial charge < -0.3 is 10.0 Å². The molecular formula is C17H21NO3S. The maximum atomic E-state index is 12.2. The van der Waals surface area contributed by atoms with Crippen LogP contribution in [0.15, 0.2) is 6.07 Å². The molecule has 0 radical (unpaired) electrons. The van der Waals surface area contributed by atoms with Crippen molar-refractivity contribution in [3.05, 3.63) is 15.8 Å². The molecule has 1 saturated heterocycles. The van der Waals surface area contributed by atoms with Crippen LogP contribution in [0.5, 0.6) is 0 Å². The highest BCUT2D eigenvalue weighted by atomic mass is 32.1. The number of hydrogen-bond donors (Lipinski definition) is 1. The van der Waals surface area contributed by atoms with E-state index in [9.17, 15) is 14.7 Å². The van der Waals surface area contributed by atoms with Crippen LogP contribution in [-0.4, -0.2) is 23.0 Å². The summed E-state index contributed by atoms with van der Waals surface area (Å²) in [5.74, 6) is 5.13. The number of piperidine rings is 1. The van der Waals surface area contributed by atoms with Gasteiger partial charge >= 0.3 is 5.97 Å². The number of anilines is 1. The molecule has 5 heteroatoms. The van der Waals surface area contributed by atoms with Gasteiger partial charge in [-0.1, -0.05) is 11.8 Å². The van der Waals surface area contributed by atoms with E-state index in [4.69, 9.17) is 0 Å². The number of carbonyl (C=O) groups is 2. The van der Waals surface area contributed by atoms with Gasteiger partial charge in [0.2, 0.25) is 5.91 Å². The van der Waals surface area contributed by atoms with Gasteiger partial charge in [-0.3, -0.25) is 4.79 Å². The summed E-state index contributed by atoms with van der Waals surface area (Å²) < 4.78 is 0. The van der Waals surface area contributed by atoms with Crippen molar-refractivity contribution in [3.8, 4) is 11.8 Å². The first kappa shape index (κ1) is 16.6. The van der Waals surface area contributed by atoms with Gasteiger partial charge in [-0.05, 0) is 46.6 Å². The van der Waals surface area contributed by atoms with E-state index in [0.29, 0.717) is 17.0 Å². The molecule has 1 fully saturated rings. The predicted octanol–water partition coefficient (Wildman–Crippen LogP) is 3.75. The van der Waals surface area contributed by atoms with Crippen LogP contribution in [0.25, 0.3) is 0 Å². The second kappa shape index (κ2) is 6.13. The highest BCUT2D eigenvalue weighted by Gasteiger charge is 2.30. The minimum atomic E-state index is -1.01. The van der Waals surface area contributed by atoms with Crippen LogP contribution < -0.4 is 4.90 Å². The predicted molar refractivity (Wildman–Crippen MR) is 88.4 cm³/mol. The lowest BCUT2D eigenvalue weighted by molar-refractivity contribution is -0.120. The first-order chi connectivity index (χ1) is 10.2. The van der Waals surface area contributed by atoms with E-state index in [1.54, 1.807) is 11.0 Å². The van der Waals surface area contributed by atoms with Crippen molar-refractivity contribution in [2.45, 2.75) is 53.0 Å². The monoisotopic (exact) mass is 319 g/mol. The number of nitrogens with zero attached hydrogens (tertiary/aromatic N) is 1. The van der Waals surface area contributed by atoms with Crippen LogP contribution in [0.1, 0.15) is 61.5 Å². The average Bonchev–Trinajstić information content (AvgIpc) is 2.79. The van der Waals surface area contributed by atoms with Gasteiger partial charge in [0.25, 0.3) is 0 Å². The Kier molecular flexibility index (Phi) is 4.62. The van der Waals surface area contributed by atoms with Crippen molar-refractivity contribution in [3.63, 3.8) is 0 Å². The highest BCUT2D eigenvalue weighted by Crippen LogP contribution is 2.34. The number of hydrogen-bond acceptors (Lipinski definition) is 3. The zero-order valence-corrected chi connectivity index (χ0v) is 14.2. The van der Waals surface area contributed by atoms with Gasteiger partial charge in [0.1, 0.15) is 4.88 Å². The first-order valence-electron chi connectivity index (χ1n) is 7.41. The van der Waals surface area contributed by atoms with E-state index >= 15 is 0 Å². The molecule has 0 aliphatic carbocycles. The van der Waals surface area contributed by atoms with Crippen LogP contribution in [0.2, 0.25) is 0 Å². The van der Waals surface area contributed by atoms with E-state index in [-0.39, 0.29) is 22.2 Å². The fourth-order valence-electron chi connectivity index (χ4n) is 2.44. The van der Waals surface area contributed by atoms with Crippen LogP contribution in [-0.2, 0) is 4.79 Å². The molecule has 2 heterocycles. The Bertz CT molecular complexity index is 658. The second-order valence-corrected chi connectivity index (χ2v) is 7.69. The summed E-state index contributed by atoms with van der Waals surface area (Å²) >= 11 is 1.14. The molecule has 0 aromatic carbocycles. The van der Waals surface area contributed by atoms with Crippen LogP contribution in [0.3, 0.4) is 0 Å². The maximum Gasteiger partial charge on any atom is 0.348 e. The lowest BCUT2D eigenvalue weighted by atomic mass is 9.98. The molecule has 1 unspecified atom stereocenters. The smallest absolute Gasteiger partial charge is 0.348 e. The van der Waals surface area contributed by atoms with Crippen molar-refractivity contribution < 1.29 is 14.7 Å². The number of carboxylic acids is 1. The summed E-state index contributed by atoms with van der Waals surface area (Å²) in [5, 5.41) is 9.43. The summed E-state index contributed by atoms with van der Waals surface area (Å²) in [5.41, 5.74) is 0.342. The highest BCUT2D eigenvalue weighted by molar-refractivity contribution is 7.15. The molecule has 1 aromatic heterocycles. The minimum Gasteiger partial charge on any atom is -0.477 e. The molecule has 1 N–H and O–H groups in total. The Labute approximate surface area is 135 Å². The molecule has 1 aliphatic rings. The van der Waals surface area contributed by atoms with E-state index < -0.39 is 5.97 Å². The molecule has 2 rings (SSSR count). The summed E-state index contributed by atoms with van der Waals surface area (Å²) in [7, 11) is 0. The van der Waals surface area contributed by atoms with E-state index in [1.807, 2.05) is 27.7 Å². The molecule has 1 aliphatic heterocycles. The van der Waals surface area contributed by atoms with Crippen molar-refractivity contribution in [2.24, 2.45) is 5.41 Å². The number of carboxylic acid groups (broad SMARTS) is 1. The molecule has 0 spiro atoms. The molecule has 4 nitrogen and oxygen atoms in total. The third kappa shape index (κ3) is 3.69. The number of carbonyl (C=O) groups excluding carboxylic acids is 1. The van der Waals surface area contributed by atoms with Gasteiger partial charge in [-0.25, -0.2) is 4.79 Å². The van der Waals surface area contributed by atoms with Gasteiger partial charge in [0.05, 0.1) is 10.6 Å². The molecular weight excluding hydrogens is 298 g/mol. The van der Waals surface area contributed by atoms with E-state index in [2.05, 4.69) is 11.8 Å². The minimum absolute atomic E-state index is 0.00520. The Morgan fingerprint density at radius 2 is 2.14 bits per heavy atom. The second-order valence-electron chi connectivity index (χ2n) is 6.64. The lowest BCUT2D eigenvalue weighted by Gasteiger charge is -2.33. The van der Waals surface area contributed by atoms with Gasteiger partial charge in [0.15, 0.2) is 0 Å². The van der Waals surface area contributed by atoms with Crippen molar-refractivity contribution in [2.75, 3.05) is 4.90 Å². The zero-order chi connectivity index (χ0) is 16.5. The largest absolute Gasteiger partial charge is 0.477 e. The Morgan fingerprint density at radius 1 is 1.45 bits per heavy atom. The summed E-state index contributed by atoms with van der Waals surface area (Å²) in [6, 6.07) is 1.77. The summed E-state index contributed by atoms with van der Waals surface area (Å²) in [4.78, 5) is 26.2. The van der Waals surface area contributed by atoms with Gasteiger partial charge in [-0.2, -0.15) is 0 Å². The number of thiophene rings is 1. The van der Waals surface area contributed by atoms with E-state index in [0.717, 1.165) is 24.2 Å². The van der Waals surface area contributed by atoms with E-state index in [1.165, 1.54) is 0 Å². The molecule has 0 bridgehead atoms. The SMILES string of the molecule is CC1CCCC(=O)N1c1cc(C#CC(C)(C)C)sc1C(=O)O. The normalized spacial score (nSPS) is 18.8. The third-order valence-corrected chi connectivity index (χ3v) is 4.48. The molecule has 1 amide bonds.